The highest BCUT2D eigenvalue weighted by Crippen LogP contribution is 2.19. The van der Waals surface area contributed by atoms with Crippen molar-refractivity contribution >= 4 is 0 Å². The molecule has 1 aromatic heterocycles. The van der Waals surface area contributed by atoms with E-state index in [2.05, 4.69) is 15.5 Å². The molecule has 2 aromatic rings. The minimum absolute atomic E-state index is 0.102. The molecular weight excluding hydrogens is 240 g/mol. The van der Waals surface area contributed by atoms with Crippen molar-refractivity contribution in [3.8, 4) is 11.3 Å². The number of aliphatic hydroxyl groups is 1. The van der Waals surface area contributed by atoms with Crippen LogP contribution in [-0.4, -0.2) is 32.7 Å². The Morgan fingerprint density at radius 3 is 2.63 bits per heavy atom. The van der Waals surface area contributed by atoms with Gasteiger partial charge >= 0.3 is 0 Å². The number of benzene rings is 1. The summed E-state index contributed by atoms with van der Waals surface area (Å²) in [5, 5.41) is 21.3. The molecule has 0 aliphatic heterocycles. The molecule has 0 fully saturated rings. The maximum absolute atomic E-state index is 9.19. The van der Waals surface area contributed by atoms with Gasteiger partial charge in [-0.2, -0.15) is 15.0 Å². The first-order chi connectivity index (χ1) is 9.24. The smallest absolute Gasteiger partial charge is 0.117 e. The molecule has 2 N–H and O–H groups in total. The van der Waals surface area contributed by atoms with E-state index in [0.29, 0.717) is 6.54 Å². The van der Waals surface area contributed by atoms with Crippen molar-refractivity contribution < 1.29 is 5.11 Å². The highest BCUT2D eigenvalue weighted by atomic mass is 16.3. The topological polar surface area (TPSA) is 63.0 Å². The van der Waals surface area contributed by atoms with Crippen LogP contribution in [0.15, 0.2) is 30.3 Å². The molecule has 0 saturated heterocycles. The van der Waals surface area contributed by atoms with Crippen molar-refractivity contribution in [1.82, 2.24) is 20.3 Å². The number of nitrogens with zero attached hydrogens (tertiary/aromatic N) is 3. The minimum atomic E-state index is 0.102. The fraction of sp³-hybridized carbons (Fsp3) is 0.429. The Hall–Kier alpha value is -1.72. The second-order valence-electron chi connectivity index (χ2n) is 4.52. The number of aliphatic hydroxyl groups excluding tert-OH is 1. The molecular formula is C14H20N4O. The molecule has 1 unspecified atom stereocenters. The average Bonchev–Trinajstić information content (AvgIpc) is 2.82. The van der Waals surface area contributed by atoms with E-state index >= 15 is 0 Å². The maximum Gasteiger partial charge on any atom is 0.117 e. The highest BCUT2D eigenvalue weighted by molar-refractivity contribution is 5.60. The minimum Gasteiger partial charge on any atom is -0.395 e. The summed E-state index contributed by atoms with van der Waals surface area (Å²) < 4.78 is 0. The summed E-state index contributed by atoms with van der Waals surface area (Å²) in [7, 11) is 1.82. The molecule has 0 radical (unpaired) electrons. The molecule has 0 bridgehead atoms. The summed E-state index contributed by atoms with van der Waals surface area (Å²) in [5.74, 6) is 0. The van der Waals surface area contributed by atoms with Gasteiger partial charge in [0.2, 0.25) is 0 Å². The Labute approximate surface area is 113 Å². The number of rotatable bonds is 6. The summed E-state index contributed by atoms with van der Waals surface area (Å²) in [6.07, 6.45) is 0.886. The van der Waals surface area contributed by atoms with Crippen LogP contribution in [0.5, 0.6) is 0 Å². The van der Waals surface area contributed by atoms with Gasteiger partial charge < -0.3 is 10.4 Å². The lowest BCUT2D eigenvalue weighted by atomic mass is 10.1. The molecule has 5 nitrogen and oxygen atoms in total. The lowest BCUT2D eigenvalue weighted by Gasteiger charge is -2.12. The second-order valence-corrected chi connectivity index (χ2v) is 4.52. The van der Waals surface area contributed by atoms with Gasteiger partial charge in [-0.3, -0.25) is 0 Å². The summed E-state index contributed by atoms with van der Waals surface area (Å²) in [5.41, 5.74) is 2.86. The summed E-state index contributed by atoms with van der Waals surface area (Å²) in [4.78, 5) is 1.58. The summed E-state index contributed by atoms with van der Waals surface area (Å²) >= 11 is 0. The maximum atomic E-state index is 9.19. The van der Waals surface area contributed by atoms with Crippen molar-refractivity contribution in [1.29, 1.82) is 0 Å². The molecule has 2 rings (SSSR count). The Morgan fingerprint density at radius 1 is 1.26 bits per heavy atom. The van der Waals surface area contributed by atoms with Gasteiger partial charge in [0.15, 0.2) is 0 Å². The molecule has 1 atom stereocenters. The van der Waals surface area contributed by atoms with Crippen LogP contribution in [0.1, 0.15) is 19.0 Å². The molecule has 102 valence electrons. The van der Waals surface area contributed by atoms with E-state index in [0.717, 1.165) is 23.4 Å². The van der Waals surface area contributed by atoms with E-state index in [9.17, 15) is 5.11 Å². The molecule has 0 amide bonds. The predicted molar refractivity (Wildman–Crippen MR) is 74.4 cm³/mol. The van der Waals surface area contributed by atoms with Gasteiger partial charge in [0.1, 0.15) is 11.4 Å². The first kappa shape index (κ1) is 13.7. The van der Waals surface area contributed by atoms with Crippen LogP contribution < -0.4 is 5.32 Å². The van der Waals surface area contributed by atoms with E-state index in [1.807, 2.05) is 44.3 Å². The zero-order valence-electron chi connectivity index (χ0n) is 11.4. The van der Waals surface area contributed by atoms with E-state index in [4.69, 9.17) is 0 Å². The number of hydrogen-bond acceptors (Lipinski definition) is 4. The lowest BCUT2D eigenvalue weighted by Crippen LogP contribution is -2.31. The van der Waals surface area contributed by atoms with Gasteiger partial charge in [0.05, 0.1) is 6.61 Å². The van der Waals surface area contributed by atoms with Crippen molar-refractivity contribution in [2.75, 3.05) is 6.61 Å². The molecule has 0 saturated carbocycles. The van der Waals surface area contributed by atoms with Gasteiger partial charge in [-0.05, 0) is 6.42 Å². The van der Waals surface area contributed by atoms with Crippen LogP contribution in [0.4, 0.5) is 0 Å². The molecule has 1 heterocycles. The third-order valence-corrected chi connectivity index (χ3v) is 3.10. The molecule has 0 spiro atoms. The SMILES string of the molecule is CCC(CO)NCc1nn(C)nc1-c1ccccc1. The third-order valence-electron chi connectivity index (χ3n) is 3.10. The van der Waals surface area contributed by atoms with Crippen LogP contribution >= 0.6 is 0 Å². The number of hydrogen-bond donors (Lipinski definition) is 2. The van der Waals surface area contributed by atoms with Gasteiger partial charge in [-0.15, -0.1) is 0 Å². The molecule has 1 aromatic carbocycles. The first-order valence-corrected chi connectivity index (χ1v) is 6.54. The fourth-order valence-electron chi connectivity index (χ4n) is 1.97. The van der Waals surface area contributed by atoms with Crippen LogP contribution in [0.3, 0.4) is 0 Å². The quantitative estimate of drug-likeness (QED) is 0.823. The standard InChI is InChI=1S/C14H20N4O/c1-3-12(10-19)15-9-13-14(17-18(2)16-13)11-7-5-4-6-8-11/h4-8,12,15,19H,3,9-10H2,1-2H3. The predicted octanol–water partition coefficient (Wildman–Crippen LogP) is 1.34. The van der Waals surface area contributed by atoms with Gasteiger partial charge in [-0.25, -0.2) is 0 Å². The van der Waals surface area contributed by atoms with Gasteiger partial charge in [-0.1, -0.05) is 37.3 Å². The lowest BCUT2D eigenvalue weighted by molar-refractivity contribution is 0.238. The molecule has 0 aliphatic carbocycles. The second kappa shape index (κ2) is 6.45. The Balaban J connectivity index is 2.17. The Kier molecular flexibility index (Phi) is 4.65. The zero-order chi connectivity index (χ0) is 13.7. The normalized spacial score (nSPS) is 12.6. The van der Waals surface area contributed by atoms with Crippen molar-refractivity contribution in [3.63, 3.8) is 0 Å². The monoisotopic (exact) mass is 260 g/mol. The zero-order valence-corrected chi connectivity index (χ0v) is 11.4. The number of aryl methyl sites for hydroxylation is 1. The van der Waals surface area contributed by atoms with Crippen molar-refractivity contribution in [2.24, 2.45) is 7.05 Å². The Morgan fingerprint density at radius 2 is 2.00 bits per heavy atom. The van der Waals surface area contributed by atoms with Crippen molar-refractivity contribution in [3.05, 3.63) is 36.0 Å². The van der Waals surface area contributed by atoms with E-state index in [-0.39, 0.29) is 12.6 Å². The molecule has 5 heteroatoms. The van der Waals surface area contributed by atoms with Crippen LogP contribution in [0, 0.1) is 0 Å². The van der Waals surface area contributed by atoms with E-state index < -0.39 is 0 Å². The molecule has 19 heavy (non-hydrogen) atoms. The summed E-state index contributed by atoms with van der Waals surface area (Å²) in [6.45, 7) is 2.79. The van der Waals surface area contributed by atoms with Crippen molar-refractivity contribution in [2.45, 2.75) is 25.9 Å². The first-order valence-electron chi connectivity index (χ1n) is 6.54. The average molecular weight is 260 g/mol. The van der Waals surface area contributed by atoms with E-state index in [1.165, 1.54) is 0 Å². The summed E-state index contributed by atoms with van der Waals surface area (Å²) in [6, 6.07) is 10.1. The largest absolute Gasteiger partial charge is 0.395 e. The van der Waals surface area contributed by atoms with Gasteiger partial charge in [0.25, 0.3) is 0 Å². The number of nitrogens with one attached hydrogen (secondary N) is 1. The third kappa shape index (κ3) is 3.39. The van der Waals surface area contributed by atoms with Gasteiger partial charge in [0, 0.05) is 25.2 Å². The van der Waals surface area contributed by atoms with Crippen LogP contribution in [0.2, 0.25) is 0 Å². The van der Waals surface area contributed by atoms with Crippen LogP contribution in [-0.2, 0) is 13.6 Å². The Bertz CT molecular complexity index is 505. The fourth-order valence-corrected chi connectivity index (χ4v) is 1.97. The van der Waals surface area contributed by atoms with E-state index in [1.54, 1.807) is 4.80 Å². The highest BCUT2D eigenvalue weighted by Gasteiger charge is 2.13. The number of aromatic nitrogens is 3. The molecule has 0 aliphatic rings. The van der Waals surface area contributed by atoms with Crippen LogP contribution in [0.25, 0.3) is 11.3 Å².